The Labute approximate surface area is 123 Å². The number of carbonyl (C=O) groups excluding carboxylic acids is 1. The number of hydrogen-bond acceptors (Lipinski definition) is 4. The van der Waals surface area contributed by atoms with E-state index in [0.717, 1.165) is 11.3 Å². The van der Waals surface area contributed by atoms with Crippen molar-refractivity contribution in [2.75, 3.05) is 13.1 Å². The van der Waals surface area contributed by atoms with Gasteiger partial charge in [0.05, 0.1) is 12.3 Å². The summed E-state index contributed by atoms with van der Waals surface area (Å²) in [5, 5.41) is 9.18. The van der Waals surface area contributed by atoms with Gasteiger partial charge >= 0.3 is 0 Å². The van der Waals surface area contributed by atoms with E-state index in [1.807, 2.05) is 31.2 Å². The maximum atomic E-state index is 11.8. The molecule has 21 heavy (non-hydrogen) atoms. The number of hydrogen-bond donors (Lipinski definition) is 1. The van der Waals surface area contributed by atoms with Gasteiger partial charge in [-0.3, -0.25) is 4.79 Å². The lowest BCUT2D eigenvalue weighted by atomic mass is 10.1. The van der Waals surface area contributed by atoms with E-state index < -0.39 is 0 Å². The van der Waals surface area contributed by atoms with Gasteiger partial charge in [-0.1, -0.05) is 29.8 Å². The second-order valence-electron chi connectivity index (χ2n) is 5.44. The largest absolute Gasteiger partial charge is 0.441 e. The monoisotopic (exact) mass is 286 g/mol. The number of rotatable bonds is 4. The van der Waals surface area contributed by atoms with Crippen molar-refractivity contribution in [1.82, 2.24) is 9.88 Å². The quantitative estimate of drug-likeness (QED) is 0.930. The number of benzene rings is 1. The van der Waals surface area contributed by atoms with Crippen LogP contribution in [-0.4, -0.2) is 40.1 Å². The van der Waals surface area contributed by atoms with Crippen molar-refractivity contribution in [2.45, 2.75) is 25.9 Å². The number of aromatic nitrogens is 1. The van der Waals surface area contributed by atoms with Gasteiger partial charge in [0.1, 0.15) is 0 Å². The summed E-state index contributed by atoms with van der Waals surface area (Å²) in [5.74, 6) is 1.33. The zero-order valence-corrected chi connectivity index (χ0v) is 12.0. The molecule has 1 N–H and O–H groups in total. The van der Waals surface area contributed by atoms with E-state index in [4.69, 9.17) is 4.42 Å². The molecule has 110 valence electrons. The van der Waals surface area contributed by atoms with Crippen LogP contribution in [0.4, 0.5) is 0 Å². The van der Waals surface area contributed by atoms with Gasteiger partial charge in [-0.2, -0.15) is 0 Å². The fraction of sp³-hybridized carbons (Fsp3) is 0.375. The molecule has 1 aromatic carbocycles. The molecule has 1 saturated heterocycles. The predicted octanol–water partition coefficient (Wildman–Crippen LogP) is 1.79. The molecule has 1 amide bonds. The first-order valence-corrected chi connectivity index (χ1v) is 7.09. The summed E-state index contributed by atoms with van der Waals surface area (Å²) >= 11 is 0. The van der Waals surface area contributed by atoms with Crippen LogP contribution in [0.2, 0.25) is 0 Å². The molecule has 1 fully saturated rings. The normalized spacial score (nSPS) is 15.0. The van der Waals surface area contributed by atoms with Crippen LogP contribution in [0, 0.1) is 6.92 Å². The van der Waals surface area contributed by atoms with E-state index in [1.165, 1.54) is 5.56 Å². The van der Waals surface area contributed by atoms with Crippen molar-refractivity contribution in [2.24, 2.45) is 0 Å². The highest BCUT2D eigenvalue weighted by Crippen LogP contribution is 2.21. The number of likely N-dealkylation sites (tertiary alicyclic amines) is 1. The van der Waals surface area contributed by atoms with Crippen molar-refractivity contribution < 1.29 is 14.3 Å². The molecule has 0 atom stereocenters. The van der Waals surface area contributed by atoms with Crippen LogP contribution in [-0.2, 0) is 11.2 Å². The first-order valence-electron chi connectivity index (χ1n) is 7.09. The highest BCUT2D eigenvalue weighted by Gasteiger charge is 2.28. The Hall–Kier alpha value is -2.14. The summed E-state index contributed by atoms with van der Waals surface area (Å²) in [4.78, 5) is 17.7. The van der Waals surface area contributed by atoms with E-state index >= 15 is 0 Å². The zero-order chi connectivity index (χ0) is 14.8. The Morgan fingerprint density at radius 3 is 2.76 bits per heavy atom. The number of aliphatic hydroxyl groups excluding tert-OH is 1. The predicted molar refractivity (Wildman–Crippen MR) is 77.6 cm³/mol. The molecular weight excluding hydrogens is 268 g/mol. The summed E-state index contributed by atoms with van der Waals surface area (Å²) in [5.41, 5.74) is 2.18. The van der Waals surface area contributed by atoms with Crippen molar-refractivity contribution in [3.8, 4) is 11.3 Å². The Kier molecular flexibility index (Phi) is 3.75. The lowest BCUT2D eigenvalue weighted by Crippen LogP contribution is -2.53. The maximum Gasteiger partial charge on any atom is 0.223 e. The molecule has 2 heterocycles. The van der Waals surface area contributed by atoms with Crippen LogP contribution in [0.15, 0.2) is 34.9 Å². The smallest absolute Gasteiger partial charge is 0.223 e. The average Bonchev–Trinajstić information content (AvgIpc) is 2.91. The minimum Gasteiger partial charge on any atom is -0.441 e. The van der Waals surface area contributed by atoms with Gasteiger partial charge in [0.15, 0.2) is 11.7 Å². The number of oxazole rings is 1. The third-order valence-electron chi connectivity index (χ3n) is 3.66. The van der Waals surface area contributed by atoms with Gasteiger partial charge in [0, 0.05) is 31.5 Å². The fourth-order valence-electron chi connectivity index (χ4n) is 2.31. The van der Waals surface area contributed by atoms with Crippen LogP contribution < -0.4 is 0 Å². The molecule has 1 aromatic heterocycles. The molecule has 1 aliphatic heterocycles. The number of nitrogens with zero attached hydrogens (tertiary/aromatic N) is 2. The summed E-state index contributed by atoms with van der Waals surface area (Å²) in [6.07, 6.45) is 2.18. The van der Waals surface area contributed by atoms with Crippen LogP contribution in [0.1, 0.15) is 17.9 Å². The minimum absolute atomic E-state index is 0.0374. The molecule has 0 radical (unpaired) electrons. The van der Waals surface area contributed by atoms with Crippen molar-refractivity contribution in [3.63, 3.8) is 0 Å². The van der Waals surface area contributed by atoms with Gasteiger partial charge in [-0.25, -0.2) is 4.98 Å². The standard InChI is InChI=1S/C16H18N2O3/c1-11-2-4-12(5-3-11)14-8-17-15(21-14)6-7-16(20)18-9-13(19)10-18/h2-5,8,13,19H,6-7,9-10H2,1H3. The average molecular weight is 286 g/mol. The molecule has 1 aliphatic rings. The zero-order valence-electron chi connectivity index (χ0n) is 12.0. The van der Waals surface area contributed by atoms with Crippen molar-refractivity contribution in [3.05, 3.63) is 41.9 Å². The highest BCUT2D eigenvalue weighted by atomic mass is 16.4. The van der Waals surface area contributed by atoms with Crippen LogP contribution >= 0.6 is 0 Å². The third-order valence-corrected chi connectivity index (χ3v) is 3.66. The second kappa shape index (κ2) is 5.69. The summed E-state index contributed by atoms with van der Waals surface area (Å²) in [6.45, 7) is 2.92. The molecular formula is C16H18N2O3. The molecule has 5 heteroatoms. The molecule has 0 saturated carbocycles. The van der Waals surface area contributed by atoms with Gasteiger partial charge in [0.2, 0.25) is 5.91 Å². The summed E-state index contributed by atoms with van der Waals surface area (Å²) in [7, 11) is 0. The van der Waals surface area contributed by atoms with Gasteiger partial charge in [-0.05, 0) is 6.92 Å². The molecule has 0 unspecified atom stereocenters. The number of amides is 1. The molecule has 5 nitrogen and oxygen atoms in total. The van der Waals surface area contributed by atoms with E-state index in [2.05, 4.69) is 4.98 Å². The fourth-order valence-corrected chi connectivity index (χ4v) is 2.31. The summed E-state index contributed by atoms with van der Waals surface area (Å²) < 4.78 is 5.68. The lowest BCUT2D eigenvalue weighted by molar-refractivity contribution is -0.141. The van der Waals surface area contributed by atoms with E-state index in [-0.39, 0.29) is 12.0 Å². The number of carbonyl (C=O) groups is 1. The SMILES string of the molecule is Cc1ccc(-c2cnc(CCC(=O)N3CC(O)C3)o2)cc1. The van der Waals surface area contributed by atoms with Crippen LogP contribution in [0.25, 0.3) is 11.3 Å². The number of aliphatic hydroxyl groups is 1. The Bertz CT molecular complexity index is 627. The van der Waals surface area contributed by atoms with E-state index in [0.29, 0.717) is 31.8 Å². The number of aryl methyl sites for hydroxylation is 2. The topological polar surface area (TPSA) is 66.6 Å². The van der Waals surface area contributed by atoms with Gasteiger partial charge in [-0.15, -0.1) is 0 Å². The third kappa shape index (κ3) is 3.13. The minimum atomic E-state index is -0.358. The molecule has 3 rings (SSSR count). The maximum absolute atomic E-state index is 11.8. The number of β-amino-alcohol motifs (C(OH)–C–C–N with tert-alkyl or cyclic N) is 1. The van der Waals surface area contributed by atoms with Gasteiger partial charge < -0.3 is 14.4 Å². The molecule has 0 aliphatic carbocycles. The van der Waals surface area contributed by atoms with Crippen molar-refractivity contribution in [1.29, 1.82) is 0 Å². The van der Waals surface area contributed by atoms with E-state index in [9.17, 15) is 9.90 Å². The molecule has 2 aromatic rings. The molecule has 0 bridgehead atoms. The Morgan fingerprint density at radius 2 is 2.10 bits per heavy atom. The van der Waals surface area contributed by atoms with E-state index in [1.54, 1.807) is 11.1 Å². The Balaban J connectivity index is 1.58. The van der Waals surface area contributed by atoms with Crippen LogP contribution in [0.3, 0.4) is 0 Å². The summed E-state index contributed by atoms with van der Waals surface area (Å²) in [6, 6.07) is 8.03. The first kappa shape index (κ1) is 13.8. The first-order chi connectivity index (χ1) is 10.1. The van der Waals surface area contributed by atoms with Crippen molar-refractivity contribution >= 4 is 5.91 Å². The molecule has 0 spiro atoms. The second-order valence-corrected chi connectivity index (χ2v) is 5.44. The highest BCUT2D eigenvalue weighted by molar-refractivity contribution is 5.77. The van der Waals surface area contributed by atoms with Gasteiger partial charge in [0.25, 0.3) is 0 Å². The van der Waals surface area contributed by atoms with Crippen LogP contribution in [0.5, 0.6) is 0 Å². The Morgan fingerprint density at radius 1 is 1.38 bits per heavy atom. The lowest BCUT2D eigenvalue weighted by Gasteiger charge is -2.35.